The number of rotatable bonds is 5. The monoisotopic (exact) mass is 421 g/mol. The van der Waals surface area contributed by atoms with Crippen LogP contribution in [0.3, 0.4) is 0 Å². The Morgan fingerprint density at radius 3 is 2.54 bits per heavy atom. The Hall–Kier alpha value is -2.28. The molecule has 6 nitrogen and oxygen atoms in total. The fourth-order valence-electron chi connectivity index (χ4n) is 3.31. The van der Waals surface area contributed by atoms with Crippen LogP contribution < -0.4 is 16.4 Å². The van der Waals surface area contributed by atoms with Crippen LogP contribution in [0, 0.1) is 0 Å². The van der Waals surface area contributed by atoms with E-state index in [1.54, 1.807) is 12.1 Å². The van der Waals surface area contributed by atoms with E-state index in [1.165, 1.54) is 7.11 Å². The lowest BCUT2D eigenvalue weighted by atomic mass is 9.92. The molecular formula is C20H21Cl2N3O3. The molecule has 2 aromatic carbocycles. The number of hydrogen-bond donors (Lipinski definition) is 3. The number of nitrogens with two attached hydrogens (primary N) is 1. The predicted octanol–water partition coefficient (Wildman–Crippen LogP) is 3.21. The van der Waals surface area contributed by atoms with E-state index in [9.17, 15) is 9.59 Å². The van der Waals surface area contributed by atoms with E-state index in [0.29, 0.717) is 34.3 Å². The van der Waals surface area contributed by atoms with E-state index < -0.39 is 18.1 Å². The van der Waals surface area contributed by atoms with Crippen LogP contribution in [0.2, 0.25) is 10.0 Å². The van der Waals surface area contributed by atoms with Crippen molar-refractivity contribution in [1.82, 2.24) is 5.32 Å². The summed E-state index contributed by atoms with van der Waals surface area (Å²) in [5, 5.41) is 6.93. The van der Waals surface area contributed by atoms with Gasteiger partial charge in [0, 0.05) is 34.3 Å². The molecule has 0 spiro atoms. The number of methoxy groups -OCH3 is 1. The van der Waals surface area contributed by atoms with Crippen LogP contribution in [-0.4, -0.2) is 25.0 Å². The molecule has 0 fully saturated rings. The van der Waals surface area contributed by atoms with Crippen LogP contribution >= 0.6 is 23.2 Å². The number of amides is 1. The Morgan fingerprint density at radius 2 is 1.89 bits per heavy atom. The smallest absolute Gasteiger partial charge is 0.328 e. The summed E-state index contributed by atoms with van der Waals surface area (Å²) in [5.41, 5.74) is 8.79. The number of carbonyl (C=O) groups is 2. The Balaban J connectivity index is 1.81. The van der Waals surface area contributed by atoms with Gasteiger partial charge < -0.3 is 21.1 Å². The zero-order valence-corrected chi connectivity index (χ0v) is 16.8. The summed E-state index contributed by atoms with van der Waals surface area (Å²) >= 11 is 12.5. The topological polar surface area (TPSA) is 93.5 Å². The number of halogens is 2. The summed E-state index contributed by atoms with van der Waals surface area (Å²) in [6.45, 7) is 0.453. The molecule has 2 atom stereocenters. The third-order valence-corrected chi connectivity index (χ3v) is 5.22. The lowest BCUT2D eigenvalue weighted by Gasteiger charge is -2.33. The van der Waals surface area contributed by atoms with E-state index in [-0.39, 0.29) is 12.3 Å². The summed E-state index contributed by atoms with van der Waals surface area (Å²) in [5.74, 6) is -0.591. The van der Waals surface area contributed by atoms with Gasteiger partial charge in [-0.3, -0.25) is 4.79 Å². The van der Waals surface area contributed by atoms with Gasteiger partial charge in [0.25, 0.3) is 0 Å². The van der Waals surface area contributed by atoms with Gasteiger partial charge in [-0.1, -0.05) is 47.5 Å². The summed E-state index contributed by atoms with van der Waals surface area (Å²) in [4.78, 5) is 24.7. The SMILES string of the molecule is COC(=O)[C@H]1C[C@H](NC(=O)Cc2ccc(CN)cc2)c2c(Cl)cc(Cl)cc2N1. The Kier molecular flexibility index (Phi) is 6.44. The molecule has 1 aliphatic heterocycles. The molecule has 28 heavy (non-hydrogen) atoms. The highest BCUT2D eigenvalue weighted by molar-refractivity contribution is 6.35. The molecule has 3 rings (SSSR count). The number of esters is 1. The van der Waals surface area contributed by atoms with Crippen molar-refractivity contribution in [3.63, 3.8) is 0 Å². The Bertz CT molecular complexity index is 887. The fraction of sp³-hybridized carbons (Fsp3) is 0.300. The number of benzene rings is 2. The van der Waals surface area contributed by atoms with Crippen molar-refractivity contribution in [2.75, 3.05) is 12.4 Å². The first kappa shape index (κ1) is 20.5. The van der Waals surface area contributed by atoms with E-state index in [2.05, 4.69) is 10.6 Å². The fourth-order valence-corrected chi connectivity index (χ4v) is 3.94. The van der Waals surface area contributed by atoms with Gasteiger partial charge in [-0.15, -0.1) is 0 Å². The molecule has 0 bridgehead atoms. The summed E-state index contributed by atoms with van der Waals surface area (Å²) in [7, 11) is 1.32. The van der Waals surface area contributed by atoms with Gasteiger partial charge in [0.15, 0.2) is 0 Å². The minimum absolute atomic E-state index is 0.173. The molecule has 0 unspecified atom stereocenters. The predicted molar refractivity (Wildman–Crippen MR) is 109 cm³/mol. The first-order chi connectivity index (χ1) is 13.4. The zero-order chi connectivity index (χ0) is 20.3. The molecule has 0 aromatic heterocycles. The second-order valence-electron chi connectivity index (χ2n) is 6.62. The van der Waals surface area contributed by atoms with Crippen molar-refractivity contribution < 1.29 is 14.3 Å². The second-order valence-corrected chi connectivity index (χ2v) is 7.47. The maximum atomic E-state index is 12.6. The average Bonchev–Trinajstić information content (AvgIpc) is 2.67. The van der Waals surface area contributed by atoms with Crippen LogP contribution in [-0.2, 0) is 27.3 Å². The van der Waals surface area contributed by atoms with Crippen LogP contribution in [0.1, 0.15) is 29.2 Å². The zero-order valence-electron chi connectivity index (χ0n) is 15.3. The van der Waals surface area contributed by atoms with Crippen LogP contribution in [0.4, 0.5) is 5.69 Å². The van der Waals surface area contributed by atoms with Crippen LogP contribution in [0.25, 0.3) is 0 Å². The maximum absolute atomic E-state index is 12.6. The summed E-state index contributed by atoms with van der Waals surface area (Å²) in [6.07, 6.45) is 0.525. The van der Waals surface area contributed by atoms with Gasteiger partial charge in [0.1, 0.15) is 6.04 Å². The second kappa shape index (κ2) is 8.82. The van der Waals surface area contributed by atoms with Crippen LogP contribution in [0.15, 0.2) is 36.4 Å². The molecule has 1 aliphatic rings. The van der Waals surface area contributed by atoms with Gasteiger partial charge in [-0.25, -0.2) is 4.79 Å². The standard InChI is InChI=1S/C20H21Cl2N3O3/c1-28-20(27)17-9-16(19-14(22)7-13(21)8-15(19)24-17)25-18(26)6-11-2-4-12(10-23)5-3-11/h2-5,7-8,16-17,24H,6,9-10,23H2,1H3,(H,25,26)/t16-,17+/m0/s1. The number of nitrogens with one attached hydrogen (secondary N) is 2. The van der Waals surface area contributed by atoms with Crippen LogP contribution in [0.5, 0.6) is 0 Å². The number of hydrogen-bond acceptors (Lipinski definition) is 5. The number of anilines is 1. The quantitative estimate of drug-likeness (QED) is 0.644. The molecule has 148 valence electrons. The number of carbonyl (C=O) groups excluding carboxylic acids is 2. The van der Waals surface area contributed by atoms with Crippen molar-refractivity contribution in [3.05, 3.63) is 63.1 Å². The lowest BCUT2D eigenvalue weighted by Crippen LogP contribution is -2.42. The van der Waals surface area contributed by atoms with Crippen molar-refractivity contribution >= 4 is 40.8 Å². The number of ether oxygens (including phenoxy) is 1. The third kappa shape index (κ3) is 4.58. The minimum atomic E-state index is -0.610. The van der Waals surface area contributed by atoms with Crippen molar-refractivity contribution in [1.29, 1.82) is 0 Å². The van der Waals surface area contributed by atoms with Gasteiger partial charge in [-0.2, -0.15) is 0 Å². The summed E-state index contributed by atoms with van der Waals surface area (Å²) in [6, 6.07) is 9.80. The van der Waals surface area contributed by atoms with Crippen molar-refractivity contribution in [2.24, 2.45) is 5.73 Å². The first-order valence-corrected chi connectivity index (χ1v) is 9.57. The van der Waals surface area contributed by atoms with Gasteiger partial charge >= 0.3 is 5.97 Å². The molecule has 1 amide bonds. The summed E-state index contributed by atoms with van der Waals surface area (Å²) < 4.78 is 4.85. The number of fused-ring (bicyclic) bond motifs is 1. The Morgan fingerprint density at radius 1 is 1.21 bits per heavy atom. The van der Waals surface area contributed by atoms with Gasteiger partial charge in [0.2, 0.25) is 5.91 Å². The lowest BCUT2D eigenvalue weighted by molar-refractivity contribution is -0.142. The van der Waals surface area contributed by atoms with E-state index in [4.69, 9.17) is 33.7 Å². The highest BCUT2D eigenvalue weighted by Gasteiger charge is 2.34. The normalized spacial score (nSPS) is 18.0. The highest BCUT2D eigenvalue weighted by Crippen LogP contribution is 2.40. The molecule has 2 aromatic rings. The average molecular weight is 422 g/mol. The third-order valence-electron chi connectivity index (χ3n) is 4.69. The molecule has 0 aliphatic carbocycles. The van der Waals surface area contributed by atoms with E-state index in [0.717, 1.165) is 11.1 Å². The first-order valence-electron chi connectivity index (χ1n) is 8.81. The highest BCUT2D eigenvalue weighted by atomic mass is 35.5. The van der Waals surface area contributed by atoms with Gasteiger partial charge in [0.05, 0.1) is 19.6 Å². The molecule has 0 saturated heterocycles. The molecule has 1 heterocycles. The van der Waals surface area contributed by atoms with Crippen molar-refractivity contribution in [3.8, 4) is 0 Å². The minimum Gasteiger partial charge on any atom is -0.467 e. The molecular weight excluding hydrogens is 401 g/mol. The molecule has 0 saturated carbocycles. The molecule has 0 radical (unpaired) electrons. The molecule has 8 heteroatoms. The van der Waals surface area contributed by atoms with E-state index in [1.807, 2.05) is 24.3 Å². The van der Waals surface area contributed by atoms with E-state index >= 15 is 0 Å². The Labute approximate surface area is 173 Å². The maximum Gasteiger partial charge on any atom is 0.328 e. The van der Waals surface area contributed by atoms with Crippen molar-refractivity contribution in [2.45, 2.75) is 31.5 Å². The largest absolute Gasteiger partial charge is 0.467 e. The molecule has 4 N–H and O–H groups in total. The van der Waals surface area contributed by atoms with Gasteiger partial charge in [-0.05, 0) is 23.3 Å².